The van der Waals surface area contributed by atoms with E-state index in [0.29, 0.717) is 18.8 Å². The van der Waals surface area contributed by atoms with Crippen LogP contribution in [0.1, 0.15) is 12.8 Å². The lowest BCUT2D eigenvalue weighted by molar-refractivity contribution is 0.140. The Kier molecular flexibility index (Phi) is 3.94. The van der Waals surface area contributed by atoms with Crippen molar-refractivity contribution in [3.8, 4) is 0 Å². The van der Waals surface area contributed by atoms with Gasteiger partial charge in [-0.3, -0.25) is 0 Å². The minimum atomic E-state index is 0.355. The van der Waals surface area contributed by atoms with Crippen molar-refractivity contribution in [1.82, 2.24) is 0 Å². The van der Waals surface area contributed by atoms with E-state index in [9.17, 15) is 0 Å². The zero-order chi connectivity index (χ0) is 10.5. The van der Waals surface area contributed by atoms with Gasteiger partial charge in [-0.2, -0.15) is 0 Å². The standard InChI is InChI=1S/C12H18O3/c1-2-3-10(6-11-8-14-11)4-5-13-7-12-9-15-12/h2,4,11-12H,1,3,5-9H2. The van der Waals surface area contributed by atoms with E-state index in [1.165, 1.54) is 5.57 Å². The van der Waals surface area contributed by atoms with Gasteiger partial charge in [0.2, 0.25) is 0 Å². The molecule has 0 aromatic heterocycles. The lowest BCUT2D eigenvalue weighted by atomic mass is 10.1. The van der Waals surface area contributed by atoms with Crippen molar-refractivity contribution in [2.45, 2.75) is 25.0 Å². The second kappa shape index (κ2) is 5.45. The van der Waals surface area contributed by atoms with E-state index >= 15 is 0 Å². The van der Waals surface area contributed by atoms with Gasteiger partial charge >= 0.3 is 0 Å². The Bertz CT molecular complexity index is 239. The fourth-order valence-corrected chi connectivity index (χ4v) is 1.45. The van der Waals surface area contributed by atoms with Crippen molar-refractivity contribution in [2.75, 3.05) is 26.4 Å². The molecule has 2 aliphatic rings. The zero-order valence-corrected chi connectivity index (χ0v) is 8.98. The monoisotopic (exact) mass is 210 g/mol. The molecule has 0 N–H and O–H groups in total. The molecule has 0 aromatic rings. The lowest BCUT2D eigenvalue weighted by Crippen LogP contribution is -2.02. The van der Waals surface area contributed by atoms with Gasteiger partial charge in [-0.05, 0) is 12.8 Å². The molecule has 0 radical (unpaired) electrons. The highest BCUT2D eigenvalue weighted by Gasteiger charge is 2.23. The summed E-state index contributed by atoms with van der Waals surface area (Å²) in [6.07, 6.45) is 6.83. The Morgan fingerprint density at radius 2 is 2.07 bits per heavy atom. The largest absolute Gasteiger partial charge is 0.375 e. The summed E-state index contributed by atoms with van der Waals surface area (Å²) in [5, 5.41) is 0. The fourth-order valence-electron chi connectivity index (χ4n) is 1.45. The number of allylic oxidation sites excluding steroid dienone is 1. The number of ether oxygens (including phenoxy) is 3. The molecule has 2 atom stereocenters. The first-order chi connectivity index (χ1) is 7.38. The third-order valence-corrected chi connectivity index (χ3v) is 2.49. The van der Waals surface area contributed by atoms with Crippen LogP contribution in [-0.4, -0.2) is 38.6 Å². The smallest absolute Gasteiger partial charge is 0.104 e. The van der Waals surface area contributed by atoms with Crippen LogP contribution in [0.15, 0.2) is 24.3 Å². The number of hydrogen-bond acceptors (Lipinski definition) is 3. The summed E-state index contributed by atoms with van der Waals surface area (Å²) in [5.41, 5.74) is 1.37. The third-order valence-electron chi connectivity index (χ3n) is 2.49. The van der Waals surface area contributed by atoms with E-state index in [4.69, 9.17) is 14.2 Å². The van der Waals surface area contributed by atoms with Crippen molar-refractivity contribution >= 4 is 0 Å². The van der Waals surface area contributed by atoms with Crippen molar-refractivity contribution in [2.24, 2.45) is 0 Å². The molecule has 15 heavy (non-hydrogen) atoms. The van der Waals surface area contributed by atoms with Crippen LogP contribution >= 0.6 is 0 Å². The van der Waals surface area contributed by atoms with Gasteiger partial charge in [0.25, 0.3) is 0 Å². The molecule has 2 heterocycles. The van der Waals surface area contributed by atoms with E-state index in [-0.39, 0.29) is 0 Å². The first-order valence-corrected chi connectivity index (χ1v) is 5.48. The molecular weight excluding hydrogens is 192 g/mol. The van der Waals surface area contributed by atoms with Crippen LogP contribution in [0, 0.1) is 0 Å². The third kappa shape index (κ3) is 4.60. The average molecular weight is 210 g/mol. The van der Waals surface area contributed by atoms with Crippen molar-refractivity contribution < 1.29 is 14.2 Å². The van der Waals surface area contributed by atoms with E-state index < -0.39 is 0 Å². The first kappa shape index (κ1) is 10.9. The predicted molar refractivity (Wildman–Crippen MR) is 57.8 cm³/mol. The molecule has 0 amide bonds. The van der Waals surface area contributed by atoms with Gasteiger partial charge in [0.15, 0.2) is 0 Å². The highest BCUT2D eigenvalue weighted by Crippen LogP contribution is 2.21. The molecule has 3 heteroatoms. The minimum Gasteiger partial charge on any atom is -0.375 e. The van der Waals surface area contributed by atoms with E-state index in [0.717, 1.165) is 32.7 Å². The van der Waals surface area contributed by atoms with E-state index in [2.05, 4.69) is 12.7 Å². The van der Waals surface area contributed by atoms with Gasteiger partial charge in [0, 0.05) is 0 Å². The fraction of sp³-hybridized carbons (Fsp3) is 0.667. The Morgan fingerprint density at radius 1 is 1.33 bits per heavy atom. The summed E-state index contributed by atoms with van der Waals surface area (Å²) >= 11 is 0. The molecule has 2 saturated heterocycles. The minimum absolute atomic E-state index is 0.355. The van der Waals surface area contributed by atoms with Gasteiger partial charge in [-0.1, -0.05) is 17.7 Å². The summed E-state index contributed by atoms with van der Waals surface area (Å²) in [5.74, 6) is 0. The van der Waals surface area contributed by atoms with Gasteiger partial charge in [0.1, 0.15) is 6.10 Å². The summed E-state index contributed by atoms with van der Waals surface area (Å²) in [6, 6.07) is 0. The number of rotatable bonds is 8. The number of hydrogen-bond donors (Lipinski definition) is 0. The second-order valence-electron chi connectivity index (χ2n) is 4.01. The molecule has 3 nitrogen and oxygen atoms in total. The average Bonchev–Trinajstić information content (AvgIpc) is 3.07. The summed E-state index contributed by atoms with van der Waals surface area (Å²) in [6.45, 7) is 6.92. The van der Waals surface area contributed by atoms with Gasteiger partial charge in [0.05, 0.1) is 32.5 Å². The Morgan fingerprint density at radius 3 is 2.67 bits per heavy atom. The summed E-state index contributed by atoms with van der Waals surface area (Å²) in [7, 11) is 0. The first-order valence-electron chi connectivity index (χ1n) is 5.48. The highest BCUT2D eigenvalue weighted by atomic mass is 16.6. The maximum atomic E-state index is 5.46. The van der Waals surface area contributed by atoms with Crippen LogP contribution in [0.3, 0.4) is 0 Å². The van der Waals surface area contributed by atoms with Crippen molar-refractivity contribution in [1.29, 1.82) is 0 Å². The van der Waals surface area contributed by atoms with Gasteiger partial charge in [-0.25, -0.2) is 0 Å². The second-order valence-corrected chi connectivity index (χ2v) is 4.01. The molecule has 2 rings (SSSR count). The predicted octanol–water partition coefficient (Wildman–Crippen LogP) is 1.69. The molecule has 2 aliphatic heterocycles. The molecule has 0 bridgehead atoms. The molecule has 2 unspecified atom stereocenters. The molecule has 2 fully saturated rings. The van der Waals surface area contributed by atoms with Crippen LogP contribution in [0.4, 0.5) is 0 Å². The van der Waals surface area contributed by atoms with Crippen LogP contribution in [0.5, 0.6) is 0 Å². The van der Waals surface area contributed by atoms with E-state index in [1.54, 1.807) is 0 Å². The van der Waals surface area contributed by atoms with Crippen molar-refractivity contribution in [3.05, 3.63) is 24.3 Å². The Balaban J connectivity index is 1.63. The summed E-state index contributed by atoms with van der Waals surface area (Å²) in [4.78, 5) is 0. The SMILES string of the molecule is C=CCC(=CCOCC1CO1)CC1CO1. The maximum absolute atomic E-state index is 5.46. The topological polar surface area (TPSA) is 34.3 Å². The van der Waals surface area contributed by atoms with Crippen LogP contribution in [-0.2, 0) is 14.2 Å². The Labute approximate surface area is 90.7 Å². The molecule has 0 spiro atoms. The summed E-state index contributed by atoms with van der Waals surface area (Å²) < 4.78 is 15.7. The molecular formula is C12H18O3. The van der Waals surface area contributed by atoms with Crippen molar-refractivity contribution in [3.63, 3.8) is 0 Å². The van der Waals surface area contributed by atoms with Gasteiger partial charge < -0.3 is 14.2 Å². The zero-order valence-electron chi connectivity index (χ0n) is 8.98. The van der Waals surface area contributed by atoms with Crippen LogP contribution in [0.25, 0.3) is 0 Å². The molecule has 0 aromatic carbocycles. The van der Waals surface area contributed by atoms with Crippen LogP contribution < -0.4 is 0 Å². The molecule has 84 valence electrons. The van der Waals surface area contributed by atoms with Gasteiger partial charge in [-0.15, -0.1) is 6.58 Å². The molecule has 0 saturated carbocycles. The maximum Gasteiger partial charge on any atom is 0.104 e. The van der Waals surface area contributed by atoms with Crippen LogP contribution in [0.2, 0.25) is 0 Å². The molecule has 0 aliphatic carbocycles. The van der Waals surface area contributed by atoms with E-state index in [1.807, 2.05) is 6.08 Å². The normalized spacial score (nSPS) is 28.9. The number of epoxide rings is 2. The Hall–Kier alpha value is -0.640. The highest BCUT2D eigenvalue weighted by molar-refractivity contribution is 5.09. The lowest BCUT2D eigenvalue weighted by Gasteiger charge is -2.03. The quantitative estimate of drug-likeness (QED) is 0.347.